The van der Waals surface area contributed by atoms with Crippen LogP contribution in [0.1, 0.15) is 31.0 Å². The van der Waals surface area contributed by atoms with Gasteiger partial charge in [-0.2, -0.15) is 0 Å². The van der Waals surface area contributed by atoms with Gasteiger partial charge in [0.1, 0.15) is 11.6 Å². The minimum atomic E-state index is 0.401. The van der Waals surface area contributed by atoms with E-state index in [1.807, 2.05) is 12.3 Å². The molecule has 2 aliphatic rings. The summed E-state index contributed by atoms with van der Waals surface area (Å²) in [5.41, 5.74) is 0. The summed E-state index contributed by atoms with van der Waals surface area (Å²) in [6.07, 6.45) is 8.82. The Labute approximate surface area is 141 Å². The third-order valence-corrected chi connectivity index (χ3v) is 4.81. The zero-order valence-corrected chi connectivity index (χ0v) is 14.1. The van der Waals surface area contributed by atoms with Crippen LogP contribution in [-0.2, 0) is 0 Å². The van der Waals surface area contributed by atoms with Crippen LogP contribution in [-0.4, -0.2) is 53.2 Å². The topological polar surface area (TPSA) is 67.3 Å². The van der Waals surface area contributed by atoms with Crippen LogP contribution in [0.15, 0.2) is 24.7 Å². The molecule has 0 bridgehead atoms. The molecule has 1 saturated carbocycles. The van der Waals surface area contributed by atoms with Crippen molar-refractivity contribution in [1.29, 1.82) is 0 Å². The maximum absolute atomic E-state index is 5.12. The van der Waals surface area contributed by atoms with Crippen molar-refractivity contribution >= 4 is 11.8 Å². The number of anilines is 2. The van der Waals surface area contributed by atoms with E-state index in [1.54, 1.807) is 19.5 Å². The molecule has 1 aliphatic heterocycles. The highest BCUT2D eigenvalue weighted by molar-refractivity contribution is 5.42. The third kappa shape index (κ3) is 2.98. The second-order valence-electron chi connectivity index (χ2n) is 6.47. The van der Waals surface area contributed by atoms with Crippen molar-refractivity contribution in [2.24, 2.45) is 0 Å². The number of hydrogen-bond acceptors (Lipinski definition) is 7. The SMILES string of the molecule is COc1cnc(N2CCC(N(C)c3ccnc(C4CC4)n3)C2)nc1. The molecule has 7 nitrogen and oxygen atoms in total. The van der Waals surface area contributed by atoms with E-state index < -0.39 is 0 Å². The van der Waals surface area contributed by atoms with Crippen molar-refractivity contribution in [3.05, 3.63) is 30.5 Å². The molecule has 2 fully saturated rings. The summed E-state index contributed by atoms with van der Waals surface area (Å²) in [6, 6.07) is 2.40. The first-order valence-corrected chi connectivity index (χ1v) is 8.41. The Hall–Kier alpha value is -2.44. The second kappa shape index (κ2) is 6.22. The zero-order valence-electron chi connectivity index (χ0n) is 14.1. The molecular weight excluding hydrogens is 304 g/mol. The first-order chi connectivity index (χ1) is 11.7. The summed E-state index contributed by atoms with van der Waals surface area (Å²) < 4.78 is 5.12. The Bertz CT molecular complexity index is 702. The molecule has 4 rings (SSSR count). The van der Waals surface area contributed by atoms with Gasteiger partial charge in [-0.25, -0.2) is 19.9 Å². The van der Waals surface area contributed by atoms with E-state index >= 15 is 0 Å². The van der Waals surface area contributed by atoms with Gasteiger partial charge in [-0.15, -0.1) is 0 Å². The van der Waals surface area contributed by atoms with Gasteiger partial charge < -0.3 is 14.5 Å². The number of hydrogen-bond donors (Lipinski definition) is 0. The van der Waals surface area contributed by atoms with Gasteiger partial charge in [0.15, 0.2) is 5.75 Å². The average Bonchev–Trinajstić information content (AvgIpc) is 3.38. The van der Waals surface area contributed by atoms with Gasteiger partial charge in [-0.05, 0) is 25.3 Å². The Kier molecular flexibility index (Phi) is 3.92. The van der Waals surface area contributed by atoms with E-state index in [0.29, 0.717) is 17.7 Å². The van der Waals surface area contributed by atoms with Crippen molar-refractivity contribution in [2.45, 2.75) is 31.2 Å². The van der Waals surface area contributed by atoms with Crippen molar-refractivity contribution in [1.82, 2.24) is 19.9 Å². The highest BCUT2D eigenvalue weighted by Gasteiger charge is 2.30. The number of nitrogens with zero attached hydrogens (tertiary/aromatic N) is 6. The second-order valence-corrected chi connectivity index (χ2v) is 6.47. The molecule has 7 heteroatoms. The van der Waals surface area contributed by atoms with E-state index in [2.05, 4.69) is 31.8 Å². The van der Waals surface area contributed by atoms with E-state index in [-0.39, 0.29) is 0 Å². The number of methoxy groups -OCH3 is 1. The van der Waals surface area contributed by atoms with Crippen LogP contribution < -0.4 is 14.5 Å². The van der Waals surface area contributed by atoms with Crippen molar-refractivity contribution in [3.63, 3.8) is 0 Å². The summed E-state index contributed by atoms with van der Waals surface area (Å²) in [5, 5.41) is 0. The molecule has 0 aromatic carbocycles. The van der Waals surface area contributed by atoms with Gasteiger partial charge in [0.2, 0.25) is 5.95 Å². The van der Waals surface area contributed by atoms with Gasteiger partial charge in [-0.1, -0.05) is 0 Å². The predicted octanol–water partition coefficient (Wildman–Crippen LogP) is 1.87. The number of ether oxygens (including phenoxy) is 1. The highest BCUT2D eigenvalue weighted by Crippen LogP contribution is 2.38. The summed E-state index contributed by atoms with van der Waals surface area (Å²) in [7, 11) is 3.74. The number of rotatable bonds is 5. The zero-order chi connectivity index (χ0) is 16.5. The van der Waals surface area contributed by atoms with Gasteiger partial charge in [0.05, 0.1) is 19.5 Å². The minimum absolute atomic E-state index is 0.401. The Morgan fingerprint density at radius 2 is 1.96 bits per heavy atom. The molecular formula is C17H22N6O. The highest BCUT2D eigenvalue weighted by atomic mass is 16.5. The van der Waals surface area contributed by atoms with Gasteiger partial charge in [0.25, 0.3) is 0 Å². The van der Waals surface area contributed by atoms with E-state index in [9.17, 15) is 0 Å². The fourth-order valence-corrected chi connectivity index (χ4v) is 3.10. The molecule has 0 amide bonds. The molecule has 0 radical (unpaired) electrons. The summed E-state index contributed by atoms with van der Waals surface area (Å²) >= 11 is 0. The first kappa shape index (κ1) is 15.1. The molecule has 1 atom stereocenters. The van der Waals surface area contributed by atoms with Crippen LogP contribution in [0.3, 0.4) is 0 Å². The molecule has 0 N–H and O–H groups in total. The van der Waals surface area contributed by atoms with Crippen LogP contribution >= 0.6 is 0 Å². The molecule has 126 valence electrons. The predicted molar refractivity (Wildman–Crippen MR) is 91.6 cm³/mol. The molecule has 0 spiro atoms. The molecule has 2 aromatic rings. The van der Waals surface area contributed by atoms with E-state index in [4.69, 9.17) is 9.72 Å². The molecule has 3 heterocycles. The largest absolute Gasteiger partial charge is 0.494 e. The van der Waals surface area contributed by atoms with Gasteiger partial charge in [-0.3, -0.25) is 0 Å². The quantitative estimate of drug-likeness (QED) is 0.831. The fraction of sp³-hybridized carbons (Fsp3) is 0.529. The van der Waals surface area contributed by atoms with Crippen LogP contribution in [0.4, 0.5) is 11.8 Å². The van der Waals surface area contributed by atoms with Crippen LogP contribution in [0.25, 0.3) is 0 Å². The Balaban J connectivity index is 1.44. The average molecular weight is 326 g/mol. The van der Waals surface area contributed by atoms with Gasteiger partial charge in [0, 0.05) is 38.3 Å². The Morgan fingerprint density at radius 3 is 2.67 bits per heavy atom. The minimum Gasteiger partial charge on any atom is -0.494 e. The van der Waals surface area contributed by atoms with Crippen molar-refractivity contribution in [2.75, 3.05) is 37.0 Å². The van der Waals surface area contributed by atoms with Crippen LogP contribution in [0.2, 0.25) is 0 Å². The first-order valence-electron chi connectivity index (χ1n) is 8.41. The van der Waals surface area contributed by atoms with E-state index in [0.717, 1.165) is 37.1 Å². The normalized spacial score (nSPS) is 20.2. The lowest BCUT2D eigenvalue weighted by molar-refractivity contribution is 0.410. The molecule has 1 saturated heterocycles. The maximum atomic E-state index is 5.12. The number of aromatic nitrogens is 4. The monoisotopic (exact) mass is 326 g/mol. The van der Waals surface area contributed by atoms with E-state index in [1.165, 1.54) is 12.8 Å². The van der Waals surface area contributed by atoms with Crippen LogP contribution in [0.5, 0.6) is 5.75 Å². The lowest BCUT2D eigenvalue weighted by Gasteiger charge is -2.26. The lowest BCUT2D eigenvalue weighted by Crippen LogP contribution is -2.35. The summed E-state index contributed by atoms with van der Waals surface area (Å²) in [6.45, 7) is 1.84. The summed E-state index contributed by atoms with van der Waals surface area (Å²) in [5.74, 6) is 4.02. The molecule has 2 aromatic heterocycles. The van der Waals surface area contributed by atoms with Gasteiger partial charge >= 0.3 is 0 Å². The van der Waals surface area contributed by atoms with Crippen molar-refractivity contribution in [3.8, 4) is 5.75 Å². The smallest absolute Gasteiger partial charge is 0.225 e. The lowest BCUT2D eigenvalue weighted by atomic mass is 10.2. The Morgan fingerprint density at radius 1 is 1.17 bits per heavy atom. The summed E-state index contributed by atoms with van der Waals surface area (Å²) in [4.78, 5) is 22.4. The fourth-order valence-electron chi connectivity index (χ4n) is 3.10. The maximum Gasteiger partial charge on any atom is 0.225 e. The van der Waals surface area contributed by atoms with Crippen LogP contribution in [0, 0.1) is 0 Å². The number of likely N-dealkylation sites (N-methyl/N-ethyl adjacent to an activating group) is 1. The third-order valence-electron chi connectivity index (χ3n) is 4.81. The molecule has 24 heavy (non-hydrogen) atoms. The standard InChI is InChI=1S/C17H22N6O/c1-22(15-5-7-18-16(21-15)12-3-4-12)13-6-8-23(11-13)17-19-9-14(24-2)10-20-17/h5,7,9-10,12-13H,3-4,6,8,11H2,1-2H3. The molecule has 1 unspecified atom stereocenters. The van der Waals surface area contributed by atoms with Crippen molar-refractivity contribution < 1.29 is 4.74 Å². The molecule has 1 aliphatic carbocycles.